The minimum atomic E-state index is -0.617. The van der Waals surface area contributed by atoms with Gasteiger partial charge in [-0.2, -0.15) is 0 Å². The molecule has 2 amide bonds. The Morgan fingerprint density at radius 2 is 1.95 bits per heavy atom. The first-order valence-electron chi connectivity index (χ1n) is 7.22. The first-order chi connectivity index (χ1) is 10.1. The highest BCUT2D eigenvalue weighted by Gasteiger charge is 2.18. The zero-order valence-electron chi connectivity index (χ0n) is 13.8. The predicted molar refractivity (Wildman–Crippen MR) is 85.2 cm³/mol. The number of hydrogen-bond donors (Lipinski definition) is 2. The average Bonchev–Trinajstić information content (AvgIpc) is 2.36. The molecule has 122 valence electrons. The van der Waals surface area contributed by atoms with Gasteiger partial charge in [0.25, 0.3) is 5.91 Å². The lowest BCUT2D eigenvalue weighted by atomic mass is 10.1. The summed E-state index contributed by atoms with van der Waals surface area (Å²) in [4.78, 5) is 25.3. The van der Waals surface area contributed by atoms with Crippen molar-refractivity contribution in [2.75, 3.05) is 18.9 Å². The number of amides is 2. The molecule has 0 saturated heterocycles. The number of phenolic OH excluding ortho intramolecular Hbond substituents is 1. The molecule has 0 radical (unpaired) electrons. The van der Waals surface area contributed by atoms with Crippen LogP contribution >= 0.6 is 0 Å². The number of phenols is 1. The molecule has 0 saturated carbocycles. The maximum atomic E-state index is 12.1. The van der Waals surface area contributed by atoms with Crippen LogP contribution in [0.15, 0.2) is 18.2 Å². The number of benzene rings is 1. The molecule has 22 heavy (non-hydrogen) atoms. The average molecular weight is 308 g/mol. The number of carbonyl (C=O) groups excluding carboxylic acids is 2. The second-order valence-electron chi connectivity index (χ2n) is 6.09. The van der Waals surface area contributed by atoms with E-state index < -0.39 is 11.7 Å². The Morgan fingerprint density at radius 3 is 2.45 bits per heavy atom. The van der Waals surface area contributed by atoms with Crippen LogP contribution < -0.4 is 5.32 Å². The van der Waals surface area contributed by atoms with E-state index >= 15 is 0 Å². The minimum Gasteiger partial charge on any atom is -0.507 e. The highest BCUT2D eigenvalue weighted by Crippen LogP contribution is 2.23. The van der Waals surface area contributed by atoms with Gasteiger partial charge in [-0.3, -0.25) is 10.1 Å². The van der Waals surface area contributed by atoms with Gasteiger partial charge >= 0.3 is 6.09 Å². The van der Waals surface area contributed by atoms with Gasteiger partial charge in [-0.25, -0.2) is 4.79 Å². The molecule has 2 N–H and O–H groups in total. The molecule has 1 aromatic rings. The third-order valence-electron chi connectivity index (χ3n) is 2.78. The SMILES string of the molecule is CCCN(C)C(=O)c1ccc(NC(=O)OC(C)(C)C)cc1O. The van der Waals surface area contributed by atoms with Crippen molar-refractivity contribution in [1.29, 1.82) is 0 Å². The maximum Gasteiger partial charge on any atom is 0.412 e. The van der Waals surface area contributed by atoms with Gasteiger partial charge in [-0.1, -0.05) is 6.92 Å². The molecule has 0 aliphatic rings. The second-order valence-corrected chi connectivity index (χ2v) is 6.09. The highest BCUT2D eigenvalue weighted by molar-refractivity contribution is 5.97. The fourth-order valence-corrected chi connectivity index (χ4v) is 1.85. The quantitative estimate of drug-likeness (QED) is 0.895. The Kier molecular flexibility index (Phi) is 5.79. The van der Waals surface area contributed by atoms with E-state index in [2.05, 4.69) is 5.32 Å². The van der Waals surface area contributed by atoms with Crippen LogP contribution in [0.1, 0.15) is 44.5 Å². The summed E-state index contributed by atoms with van der Waals surface area (Å²) in [6, 6.07) is 4.37. The third kappa shape index (κ3) is 5.27. The number of ether oxygens (including phenoxy) is 1. The molecule has 0 aromatic heterocycles. The van der Waals surface area contributed by atoms with E-state index in [4.69, 9.17) is 4.74 Å². The van der Waals surface area contributed by atoms with Gasteiger partial charge in [-0.05, 0) is 39.3 Å². The lowest BCUT2D eigenvalue weighted by Crippen LogP contribution is -2.28. The first-order valence-corrected chi connectivity index (χ1v) is 7.22. The van der Waals surface area contributed by atoms with Crippen LogP contribution in [0.4, 0.5) is 10.5 Å². The molecule has 0 spiro atoms. The van der Waals surface area contributed by atoms with E-state index in [1.807, 2.05) is 6.92 Å². The molecule has 0 bridgehead atoms. The topological polar surface area (TPSA) is 78.9 Å². The van der Waals surface area contributed by atoms with Crippen molar-refractivity contribution >= 4 is 17.7 Å². The molecule has 0 atom stereocenters. The molecule has 1 aromatic carbocycles. The van der Waals surface area contributed by atoms with E-state index in [-0.39, 0.29) is 17.2 Å². The van der Waals surface area contributed by atoms with Crippen molar-refractivity contribution in [3.05, 3.63) is 23.8 Å². The Bertz CT molecular complexity index is 550. The number of anilines is 1. The summed E-state index contributed by atoms with van der Waals surface area (Å²) in [5.41, 5.74) is -0.0441. The summed E-state index contributed by atoms with van der Waals surface area (Å²) in [7, 11) is 1.68. The van der Waals surface area contributed by atoms with Gasteiger partial charge in [0.15, 0.2) is 0 Å². The van der Waals surface area contributed by atoms with E-state index in [0.29, 0.717) is 12.2 Å². The van der Waals surface area contributed by atoms with Gasteiger partial charge in [-0.15, -0.1) is 0 Å². The molecule has 0 fully saturated rings. The fourth-order valence-electron chi connectivity index (χ4n) is 1.85. The van der Waals surface area contributed by atoms with Crippen molar-refractivity contribution in [3.8, 4) is 5.75 Å². The molecule has 6 heteroatoms. The third-order valence-corrected chi connectivity index (χ3v) is 2.78. The van der Waals surface area contributed by atoms with E-state index in [1.54, 1.807) is 33.9 Å². The van der Waals surface area contributed by atoms with Crippen LogP contribution in [0.2, 0.25) is 0 Å². The van der Waals surface area contributed by atoms with Crippen LogP contribution in [0.3, 0.4) is 0 Å². The minimum absolute atomic E-state index is 0.179. The van der Waals surface area contributed by atoms with Crippen LogP contribution in [0.25, 0.3) is 0 Å². The van der Waals surface area contributed by atoms with Gasteiger partial charge in [0, 0.05) is 25.3 Å². The molecule has 0 heterocycles. The van der Waals surface area contributed by atoms with Crippen molar-refractivity contribution < 1.29 is 19.4 Å². The summed E-state index contributed by atoms with van der Waals surface area (Å²) in [5, 5.41) is 12.5. The predicted octanol–water partition coefficient (Wildman–Crippen LogP) is 3.22. The zero-order chi connectivity index (χ0) is 16.9. The largest absolute Gasteiger partial charge is 0.507 e. The second kappa shape index (κ2) is 7.15. The Morgan fingerprint density at radius 1 is 1.32 bits per heavy atom. The number of nitrogens with zero attached hydrogens (tertiary/aromatic N) is 1. The molecule has 0 aliphatic heterocycles. The highest BCUT2D eigenvalue weighted by atomic mass is 16.6. The van der Waals surface area contributed by atoms with Crippen LogP contribution in [0, 0.1) is 0 Å². The standard InChI is InChI=1S/C16H24N2O4/c1-6-9-18(5)14(20)12-8-7-11(10-13(12)19)17-15(21)22-16(2,3)4/h7-8,10,19H,6,9H2,1-5H3,(H,17,21). The molecular weight excluding hydrogens is 284 g/mol. The molecule has 6 nitrogen and oxygen atoms in total. The normalized spacial score (nSPS) is 11.0. The van der Waals surface area contributed by atoms with Crippen LogP contribution in [0.5, 0.6) is 5.75 Å². The lowest BCUT2D eigenvalue weighted by molar-refractivity contribution is 0.0635. The number of rotatable bonds is 4. The van der Waals surface area contributed by atoms with E-state index in [0.717, 1.165) is 6.42 Å². The van der Waals surface area contributed by atoms with Crippen molar-refractivity contribution in [1.82, 2.24) is 4.90 Å². The number of hydrogen-bond acceptors (Lipinski definition) is 4. The summed E-state index contributed by atoms with van der Waals surface area (Å²) in [6.07, 6.45) is 0.218. The number of nitrogens with one attached hydrogen (secondary N) is 1. The summed E-state index contributed by atoms with van der Waals surface area (Å²) >= 11 is 0. The maximum absolute atomic E-state index is 12.1. The van der Waals surface area contributed by atoms with Crippen molar-refractivity contribution in [3.63, 3.8) is 0 Å². The molecule has 0 unspecified atom stereocenters. The van der Waals surface area contributed by atoms with Crippen molar-refractivity contribution in [2.24, 2.45) is 0 Å². The van der Waals surface area contributed by atoms with Gasteiger partial charge in [0.05, 0.1) is 5.56 Å². The Hall–Kier alpha value is -2.24. The zero-order valence-corrected chi connectivity index (χ0v) is 13.8. The van der Waals surface area contributed by atoms with Gasteiger partial charge < -0.3 is 14.7 Å². The molecule has 0 aliphatic carbocycles. The monoisotopic (exact) mass is 308 g/mol. The lowest BCUT2D eigenvalue weighted by Gasteiger charge is -2.20. The van der Waals surface area contributed by atoms with Crippen LogP contribution in [-0.4, -0.2) is 41.2 Å². The number of aromatic hydroxyl groups is 1. The summed E-state index contributed by atoms with van der Waals surface area (Å²) < 4.78 is 5.12. The first kappa shape index (κ1) is 17.8. The van der Waals surface area contributed by atoms with Crippen molar-refractivity contribution in [2.45, 2.75) is 39.7 Å². The van der Waals surface area contributed by atoms with Crippen LogP contribution in [-0.2, 0) is 4.74 Å². The fraction of sp³-hybridized carbons (Fsp3) is 0.500. The van der Waals surface area contributed by atoms with E-state index in [9.17, 15) is 14.7 Å². The van der Waals surface area contributed by atoms with Gasteiger partial charge in [0.1, 0.15) is 11.4 Å². The smallest absolute Gasteiger partial charge is 0.412 e. The molecular formula is C16H24N2O4. The van der Waals surface area contributed by atoms with Gasteiger partial charge in [0.2, 0.25) is 0 Å². The van der Waals surface area contributed by atoms with E-state index in [1.165, 1.54) is 17.0 Å². The Labute approximate surface area is 131 Å². The molecule has 1 rings (SSSR count). The number of carbonyl (C=O) groups is 2. The Balaban J connectivity index is 2.82. The summed E-state index contributed by atoms with van der Waals surface area (Å²) in [5.74, 6) is -0.440. The summed E-state index contributed by atoms with van der Waals surface area (Å²) in [6.45, 7) is 7.85.